The molecule has 1 heterocycles. The number of hydrogen-bond acceptors (Lipinski definition) is 4. The first-order chi connectivity index (χ1) is 7.90. The lowest BCUT2D eigenvalue weighted by molar-refractivity contribution is -0.167. The number of nitrogens with one attached hydrogen (secondary N) is 1. The summed E-state index contributed by atoms with van der Waals surface area (Å²) in [5.74, 6) is -1.43. The van der Waals surface area contributed by atoms with Crippen LogP contribution in [0.3, 0.4) is 0 Å². The normalized spacial score (nSPS) is 31.1. The third-order valence-electron chi connectivity index (χ3n) is 3.48. The fourth-order valence-corrected chi connectivity index (χ4v) is 2.56. The van der Waals surface area contributed by atoms with Gasteiger partial charge in [-0.25, -0.2) is 0 Å². The fraction of sp³-hybridized carbons (Fsp3) is 0.846. The second kappa shape index (κ2) is 4.23. The Bertz CT molecular complexity index is 371. The van der Waals surface area contributed by atoms with Gasteiger partial charge in [0, 0.05) is 12.1 Å². The number of nitrogens with two attached hydrogens (primary N) is 1. The van der Waals surface area contributed by atoms with Gasteiger partial charge in [0.25, 0.3) is 0 Å². The lowest BCUT2D eigenvalue weighted by Crippen LogP contribution is -2.50. The number of esters is 1. The van der Waals surface area contributed by atoms with E-state index in [9.17, 15) is 9.59 Å². The summed E-state index contributed by atoms with van der Waals surface area (Å²) >= 11 is 0. The monoisotopic (exact) mass is 256 g/mol. The molecule has 3 N–H and O–H groups in total. The molecule has 18 heavy (non-hydrogen) atoms. The molecule has 1 aliphatic rings. The molecule has 104 valence electrons. The summed E-state index contributed by atoms with van der Waals surface area (Å²) in [4.78, 5) is 24.0. The van der Waals surface area contributed by atoms with Gasteiger partial charge in [-0.15, -0.1) is 0 Å². The molecule has 0 aromatic heterocycles. The summed E-state index contributed by atoms with van der Waals surface area (Å²) in [7, 11) is 0. The maximum atomic E-state index is 12.3. The minimum atomic E-state index is -0.911. The Hall–Kier alpha value is -1.10. The van der Waals surface area contributed by atoms with Crippen molar-refractivity contribution in [3.05, 3.63) is 0 Å². The first-order valence-electron chi connectivity index (χ1n) is 6.18. The van der Waals surface area contributed by atoms with Crippen LogP contribution in [0.4, 0.5) is 0 Å². The van der Waals surface area contributed by atoms with Gasteiger partial charge in [0.1, 0.15) is 5.60 Å². The molecule has 1 saturated heterocycles. The Morgan fingerprint density at radius 3 is 2.17 bits per heavy atom. The van der Waals surface area contributed by atoms with Gasteiger partial charge in [0.15, 0.2) is 0 Å². The van der Waals surface area contributed by atoms with Crippen LogP contribution in [0.5, 0.6) is 0 Å². The van der Waals surface area contributed by atoms with Gasteiger partial charge < -0.3 is 15.8 Å². The van der Waals surface area contributed by atoms with Crippen LogP contribution in [-0.4, -0.2) is 29.6 Å². The fourth-order valence-electron chi connectivity index (χ4n) is 2.56. The number of hydrogen-bond donors (Lipinski definition) is 2. The van der Waals surface area contributed by atoms with E-state index in [4.69, 9.17) is 10.5 Å². The number of carbonyl (C=O) groups excluding carboxylic acids is 2. The van der Waals surface area contributed by atoms with Crippen molar-refractivity contribution < 1.29 is 14.3 Å². The highest BCUT2D eigenvalue weighted by molar-refractivity contribution is 5.89. The number of amides is 1. The molecule has 1 unspecified atom stereocenters. The summed E-state index contributed by atoms with van der Waals surface area (Å²) in [5.41, 5.74) is 3.46. The SMILES string of the molecule is CC(C)(C)OC(=O)C1C(C)(C)NC[C@@]1(C)C(N)=O. The lowest BCUT2D eigenvalue weighted by atomic mass is 9.72. The maximum Gasteiger partial charge on any atom is 0.312 e. The zero-order chi connectivity index (χ0) is 14.4. The Morgan fingerprint density at radius 2 is 1.78 bits per heavy atom. The van der Waals surface area contributed by atoms with Crippen molar-refractivity contribution in [1.82, 2.24) is 5.32 Å². The first-order valence-corrected chi connectivity index (χ1v) is 6.18. The van der Waals surface area contributed by atoms with E-state index >= 15 is 0 Å². The number of primary amides is 1. The molecule has 1 aliphatic heterocycles. The number of ether oxygens (including phenoxy) is 1. The molecule has 0 saturated carbocycles. The Labute approximate surface area is 108 Å². The van der Waals surface area contributed by atoms with Crippen molar-refractivity contribution in [2.24, 2.45) is 17.1 Å². The Kier molecular flexibility index (Phi) is 3.51. The van der Waals surface area contributed by atoms with E-state index in [-0.39, 0.29) is 5.97 Å². The van der Waals surface area contributed by atoms with E-state index in [0.717, 1.165) is 0 Å². The van der Waals surface area contributed by atoms with Gasteiger partial charge in [-0.2, -0.15) is 0 Å². The maximum absolute atomic E-state index is 12.3. The zero-order valence-electron chi connectivity index (χ0n) is 12.1. The molecule has 0 bridgehead atoms. The highest BCUT2D eigenvalue weighted by atomic mass is 16.6. The lowest BCUT2D eigenvalue weighted by Gasteiger charge is -2.34. The van der Waals surface area contributed by atoms with Crippen molar-refractivity contribution in [3.63, 3.8) is 0 Å². The van der Waals surface area contributed by atoms with Gasteiger partial charge in [-0.05, 0) is 41.5 Å². The summed E-state index contributed by atoms with van der Waals surface area (Å²) in [6.45, 7) is 11.3. The Morgan fingerprint density at radius 1 is 1.28 bits per heavy atom. The van der Waals surface area contributed by atoms with Crippen LogP contribution in [0, 0.1) is 11.3 Å². The summed E-state index contributed by atoms with van der Waals surface area (Å²) in [6, 6.07) is 0. The van der Waals surface area contributed by atoms with Crippen LogP contribution in [-0.2, 0) is 14.3 Å². The van der Waals surface area contributed by atoms with Crippen molar-refractivity contribution in [3.8, 4) is 0 Å². The van der Waals surface area contributed by atoms with Crippen molar-refractivity contribution >= 4 is 11.9 Å². The van der Waals surface area contributed by atoms with Gasteiger partial charge in [0.2, 0.25) is 5.91 Å². The predicted octanol–water partition coefficient (Wildman–Crippen LogP) is 0.818. The molecule has 1 amide bonds. The molecule has 5 heteroatoms. The van der Waals surface area contributed by atoms with Crippen LogP contribution < -0.4 is 11.1 Å². The average Bonchev–Trinajstić information content (AvgIpc) is 2.35. The zero-order valence-corrected chi connectivity index (χ0v) is 12.1. The smallest absolute Gasteiger partial charge is 0.312 e. The highest BCUT2D eigenvalue weighted by Crippen LogP contribution is 2.42. The van der Waals surface area contributed by atoms with Crippen LogP contribution in [0.1, 0.15) is 41.5 Å². The van der Waals surface area contributed by atoms with Crippen LogP contribution >= 0.6 is 0 Å². The van der Waals surface area contributed by atoms with Crippen molar-refractivity contribution in [2.75, 3.05) is 6.54 Å². The largest absolute Gasteiger partial charge is 0.460 e. The molecule has 2 atom stereocenters. The van der Waals surface area contributed by atoms with Crippen molar-refractivity contribution in [2.45, 2.75) is 52.7 Å². The summed E-state index contributed by atoms with van der Waals surface area (Å²) in [5, 5.41) is 3.18. The number of rotatable bonds is 2. The first kappa shape index (κ1) is 15.0. The van der Waals surface area contributed by atoms with E-state index in [1.807, 2.05) is 34.6 Å². The van der Waals surface area contributed by atoms with E-state index in [2.05, 4.69) is 5.32 Å². The topological polar surface area (TPSA) is 81.4 Å². The van der Waals surface area contributed by atoms with Crippen LogP contribution in [0.15, 0.2) is 0 Å². The third kappa shape index (κ3) is 2.66. The van der Waals surface area contributed by atoms with E-state index in [0.29, 0.717) is 6.54 Å². The predicted molar refractivity (Wildman–Crippen MR) is 68.7 cm³/mol. The molecule has 0 aliphatic carbocycles. The summed E-state index contributed by atoms with van der Waals surface area (Å²) in [6.07, 6.45) is 0. The molecular formula is C13H24N2O3. The second-order valence-electron chi connectivity index (χ2n) is 6.82. The van der Waals surface area contributed by atoms with E-state index < -0.39 is 28.4 Å². The quantitative estimate of drug-likeness (QED) is 0.717. The molecule has 0 radical (unpaired) electrons. The third-order valence-corrected chi connectivity index (χ3v) is 3.48. The highest BCUT2D eigenvalue weighted by Gasteiger charge is 2.58. The number of carbonyl (C=O) groups is 2. The second-order valence-corrected chi connectivity index (χ2v) is 6.82. The molecule has 1 fully saturated rings. The standard InChI is InChI=1S/C13H24N2O3/c1-11(2,3)18-9(16)8-12(4,5)15-7-13(8,6)10(14)17/h8,15H,7H2,1-6H3,(H2,14,17)/t8?,13-/m1/s1. The molecule has 0 spiro atoms. The molecule has 1 rings (SSSR count). The van der Waals surface area contributed by atoms with Crippen LogP contribution in [0.25, 0.3) is 0 Å². The minimum Gasteiger partial charge on any atom is -0.460 e. The summed E-state index contributed by atoms with van der Waals surface area (Å²) < 4.78 is 5.42. The van der Waals surface area contributed by atoms with Gasteiger partial charge in [-0.3, -0.25) is 9.59 Å². The molecular weight excluding hydrogens is 232 g/mol. The van der Waals surface area contributed by atoms with E-state index in [1.54, 1.807) is 6.92 Å². The van der Waals surface area contributed by atoms with Gasteiger partial charge in [0.05, 0.1) is 11.3 Å². The minimum absolute atomic E-state index is 0.376. The Balaban J connectivity index is 3.07. The van der Waals surface area contributed by atoms with Gasteiger partial charge in [-0.1, -0.05) is 0 Å². The van der Waals surface area contributed by atoms with Crippen molar-refractivity contribution in [1.29, 1.82) is 0 Å². The van der Waals surface area contributed by atoms with Gasteiger partial charge >= 0.3 is 5.97 Å². The average molecular weight is 256 g/mol. The molecule has 0 aromatic rings. The van der Waals surface area contributed by atoms with Crippen LogP contribution in [0.2, 0.25) is 0 Å². The molecule has 0 aromatic carbocycles. The molecule has 5 nitrogen and oxygen atoms in total. The van der Waals surface area contributed by atoms with E-state index in [1.165, 1.54) is 0 Å².